The normalized spacial score (nSPS) is 24.1. The van der Waals surface area contributed by atoms with Crippen LogP contribution in [0.4, 0.5) is 0 Å². The monoisotopic (exact) mass is 266 g/mol. The molecule has 0 unspecified atom stereocenters. The zero-order chi connectivity index (χ0) is 12.9. The lowest BCUT2D eigenvalue weighted by molar-refractivity contribution is -0.138. The van der Waals surface area contributed by atoms with Crippen LogP contribution >= 0.6 is 7.60 Å². The van der Waals surface area contributed by atoms with Crippen molar-refractivity contribution in [3.8, 4) is 0 Å². The molecule has 0 aromatic carbocycles. The third-order valence-electron chi connectivity index (χ3n) is 2.44. The van der Waals surface area contributed by atoms with Gasteiger partial charge in [-0.25, -0.2) is 0 Å². The summed E-state index contributed by atoms with van der Waals surface area (Å²) in [5.41, 5.74) is 0. The fourth-order valence-electron chi connectivity index (χ4n) is 1.77. The number of rotatable bonds is 7. The second-order valence-electron chi connectivity index (χ2n) is 4.41. The second-order valence-corrected chi connectivity index (χ2v) is 6.59. The van der Waals surface area contributed by atoms with Gasteiger partial charge in [0.25, 0.3) is 0 Å². The molecule has 17 heavy (non-hydrogen) atoms. The van der Waals surface area contributed by atoms with Crippen LogP contribution in [0.25, 0.3) is 0 Å². The van der Waals surface area contributed by atoms with E-state index >= 15 is 0 Å². The highest BCUT2D eigenvalue weighted by atomic mass is 31.2. The van der Waals surface area contributed by atoms with Gasteiger partial charge in [0, 0.05) is 0 Å². The van der Waals surface area contributed by atoms with Crippen LogP contribution < -0.4 is 0 Å². The summed E-state index contributed by atoms with van der Waals surface area (Å²) in [5.74, 6) is -0.536. The predicted molar refractivity (Wildman–Crippen MR) is 65.2 cm³/mol. The Bertz CT molecular complexity index is 269. The van der Waals surface area contributed by atoms with E-state index in [4.69, 9.17) is 18.5 Å². The van der Waals surface area contributed by atoms with E-state index in [2.05, 4.69) is 0 Å². The van der Waals surface area contributed by atoms with E-state index in [0.29, 0.717) is 32.4 Å². The van der Waals surface area contributed by atoms with E-state index in [1.54, 1.807) is 0 Å². The van der Waals surface area contributed by atoms with Gasteiger partial charge in [0.05, 0.1) is 32.1 Å². The summed E-state index contributed by atoms with van der Waals surface area (Å²) >= 11 is 0. The van der Waals surface area contributed by atoms with Gasteiger partial charge in [0.1, 0.15) is 0 Å². The van der Waals surface area contributed by atoms with Crippen LogP contribution in [0.1, 0.15) is 34.1 Å². The number of hydrogen-bond donors (Lipinski definition) is 0. The topological polar surface area (TPSA) is 54.0 Å². The Balaban J connectivity index is 2.40. The maximum absolute atomic E-state index is 12.2. The Hall–Kier alpha value is 0.0700. The van der Waals surface area contributed by atoms with Crippen LogP contribution in [0, 0.1) is 0 Å². The van der Waals surface area contributed by atoms with Gasteiger partial charge in [-0.05, 0) is 34.1 Å². The zero-order valence-corrected chi connectivity index (χ0v) is 12.0. The summed E-state index contributed by atoms with van der Waals surface area (Å²) < 4.78 is 33.7. The van der Waals surface area contributed by atoms with E-state index in [9.17, 15) is 4.57 Å². The van der Waals surface area contributed by atoms with Crippen LogP contribution in [0.5, 0.6) is 0 Å². The van der Waals surface area contributed by atoms with E-state index in [1.165, 1.54) is 0 Å². The third kappa shape index (κ3) is 5.06. The Morgan fingerprint density at radius 3 is 2.29 bits per heavy atom. The van der Waals surface area contributed by atoms with Gasteiger partial charge in [-0.3, -0.25) is 4.57 Å². The molecule has 1 saturated heterocycles. The number of hydrogen-bond acceptors (Lipinski definition) is 5. The Morgan fingerprint density at radius 1 is 1.29 bits per heavy atom. The Kier molecular flexibility index (Phi) is 5.61. The molecule has 1 rings (SSSR count). The first kappa shape index (κ1) is 15.1. The Labute approximate surface area is 103 Å². The molecule has 102 valence electrons. The van der Waals surface area contributed by atoms with Crippen LogP contribution in [-0.2, 0) is 23.1 Å². The second kappa shape index (κ2) is 6.30. The first-order valence-corrected chi connectivity index (χ1v) is 7.83. The lowest BCUT2D eigenvalue weighted by Crippen LogP contribution is -2.22. The van der Waals surface area contributed by atoms with Gasteiger partial charge in [-0.15, -0.1) is 0 Å². The van der Waals surface area contributed by atoms with Gasteiger partial charge in [-0.1, -0.05) is 0 Å². The van der Waals surface area contributed by atoms with E-state index in [-0.39, 0.29) is 6.10 Å². The molecule has 1 fully saturated rings. The summed E-state index contributed by atoms with van der Waals surface area (Å²) in [6, 6.07) is 0. The van der Waals surface area contributed by atoms with Gasteiger partial charge in [0.15, 0.2) is 5.79 Å². The molecule has 0 aromatic rings. The summed E-state index contributed by atoms with van der Waals surface area (Å²) in [5, 5.41) is 0. The molecule has 5 nitrogen and oxygen atoms in total. The van der Waals surface area contributed by atoms with Crippen molar-refractivity contribution in [3.63, 3.8) is 0 Å². The molecule has 0 N–H and O–H groups in total. The maximum Gasteiger partial charge on any atom is 0.330 e. The molecule has 6 heteroatoms. The van der Waals surface area contributed by atoms with Gasteiger partial charge in [0.2, 0.25) is 0 Å². The first-order chi connectivity index (χ1) is 7.91. The summed E-state index contributed by atoms with van der Waals surface area (Å²) in [4.78, 5) is 0. The standard InChI is InChI=1S/C11H23O5P/c1-5-14-17(12,15-6-2)8-7-10-9-13-11(3,4)16-10/h10H,5-9H2,1-4H3/t10-/m0/s1. The van der Waals surface area contributed by atoms with Crippen molar-refractivity contribution < 1.29 is 23.1 Å². The molecule has 0 amide bonds. The number of ether oxygens (including phenoxy) is 2. The van der Waals surface area contributed by atoms with E-state index in [1.807, 2.05) is 27.7 Å². The fraction of sp³-hybridized carbons (Fsp3) is 1.00. The smallest absolute Gasteiger partial charge is 0.330 e. The lowest BCUT2D eigenvalue weighted by atomic mass is 10.3. The maximum atomic E-state index is 12.2. The molecule has 0 bridgehead atoms. The van der Waals surface area contributed by atoms with Crippen molar-refractivity contribution in [3.05, 3.63) is 0 Å². The van der Waals surface area contributed by atoms with Crippen LogP contribution in [-0.4, -0.2) is 37.9 Å². The molecule has 1 heterocycles. The molecule has 1 atom stereocenters. The molecule has 0 aliphatic carbocycles. The van der Waals surface area contributed by atoms with Gasteiger partial charge >= 0.3 is 7.60 Å². The minimum absolute atomic E-state index is 0.0285. The summed E-state index contributed by atoms with van der Waals surface area (Å²) in [7, 11) is -2.95. The highest BCUT2D eigenvalue weighted by molar-refractivity contribution is 7.53. The molecule has 0 spiro atoms. The molecule has 1 aliphatic rings. The highest BCUT2D eigenvalue weighted by Crippen LogP contribution is 2.49. The van der Waals surface area contributed by atoms with Crippen LogP contribution in [0.15, 0.2) is 0 Å². The Morgan fingerprint density at radius 2 is 1.88 bits per heavy atom. The molecular weight excluding hydrogens is 243 g/mol. The van der Waals surface area contributed by atoms with Crippen LogP contribution in [0.3, 0.4) is 0 Å². The van der Waals surface area contributed by atoms with Crippen molar-refractivity contribution in [2.45, 2.75) is 46.0 Å². The lowest BCUT2D eigenvalue weighted by Gasteiger charge is -2.20. The highest BCUT2D eigenvalue weighted by Gasteiger charge is 2.34. The first-order valence-electron chi connectivity index (χ1n) is 6.10. The minimum Gasteiger partial charge on any atom is -0.348 e. The summed E-state index contributed by atoms with van der Waals surface area (Å²) in [6.45, 7) is 8.68. The predicted octanol–water partition coefficient (Wildman–Crippen LogP) is 2.79. The molecule has 0 saturated carbocycles. The largest absolute Gasteiger partial charge is 0.348 e. The van der Waals surface area contributed by atoms with E-state index < -0.39 is 13.4 Å². The summed E-state index contributed by atoms with van der Waals surface area (Å²) in [6.07, 6.45) is 0.971. The average molecular weight is 266 g/mol. The van der Waals surface area contributed by atoms with Gasteiger partial charge in [-0.2, -0.15) is 0 Å². The third-order valence-corrected chi connectivity index (χ3v) is 4.55. The molecule has 1 aliphatic heterocycles. The average Bonchev–Trinajstić information content (AvgIpc) is 2.56. The van der Waals surface area contributed by atoms with E-state index in [0.717, 1.165) is 0 Å². The molecule has 0 radical (unpaired) electrons. The van der Waals surface area contributed by atoms with Crippen molar-refractivity contribution in [2.24, 2.45) is 0 Å². The molecule has 0 aromatic heterocycles. The van der Waals surface area contributed by atoms with Crippen LogP contribution in [0.2, 0.25) is 0 Å². The van der Waals surface area contributed by atoms with Crippen molar-refractivity contribution in [2.75, 3.05) is 26.0 Å². The van der Waals surface area contributed by atoms with Gasteiger partial charge < -0.3 is 18.5 Å². The molecular formula is C11H23O5P. The van der Waals surface area contributed by atoms with Crippen molar-refractivity contribution >= 4 is 7.60 Å². The van der Waals surface area contributed by atoms with Crippen molar-refractivity contribution in [1.29, 1.82) is 0 Å². The fourth-order valence-corrected chi connectivity index (χ4v) is 3.49. The zero-order valence-electron chi connectivity index (χ0n) is 11.1. The minimum atomic E-state index is -2.95. The van der Waals surface area contributed by atoms with Crippen molar-refractivity contribution in [1.82, 2.24) is 0 Å². The quantitative estimate of drug-likeness (QED) is 0.663. The SMILES string of the molecule is CCOP(=O)(CC[C@H]1COC(C)(C)O1)OCC.